The van der Waals surface area contributed by atoms with Crippen LogP contribution in [0.1, 0.15) is 0 Å². The molecule has 0 radical (unpaired) electrons. The quantitative estimate of drug-likeness (QED) is 0.0925. The number of thiophene rings is 6. The lowest BCUT2D eigenvalue weighted by atomic mass is 9.86. The maximum Gasteiger partial charge on any atom is 0.174 e. The second-order valence-electron chi connectivity index (χ2n) is 33.7. The predicted octanol–water partition coefficient (Wildman–Crippen LogP) is 34.3. The highest BCUT2D eigenvalue weighted by Gasteiger charge is 2.26. The summed E-state index contributed by atoms with van der Waals surface area (Å²) in [6, 6.07) is 146. The molecule has 0 aliphatic heterocycles. The standard InChI is InChI=1S/C119H67N9S6/c1-4-23-68(24-5-1)73-49-54-83(95(60-73)116-122-114(126-118(128-116)105-62-76-29-10-19-39-96(76)129-105)79-51-56-88-86-32-18-21-41-99(86)132-103(88)65-79)74-53-58-97-81(59-74)67-107(130-97)119-125-113(121-115(127-119)93-37-16-11-30-82(93)69-25-6-2-7-26-69)80-52-57-94-104(66-80)133-100-42-22-38-84(110(94)100)75-47-48-77-63-106(134-101(77)61-75)117-123-111(120-112(124-117)78-50-55-87-85-31-17-20-40-98(85)131-102(87)64-78)72-45-43-71(44-46-72)109-91-35-14-12-33-89(91)108(70-27-8-3-9-28-70)90-34-13-15-36-92(90)109/h1-67H. The normalized spacial score (nSPS) is 11.9. The molecule has 9 aromatic heterocycles. The first-order valence-corrected chi connectivity index (χ1v) is 49.3. The molecule has 624 valence electrons. The summed E-state index contributed by atoms with van der Waals surface area (Å²) < 4.78 is 10.6. The molecular weight excluding hydrogens is 1750 g/mol. The second kappa shape index (κ2) is 32.0. The van der Waals surface area contributed by atoms with Gasteiger partial charge in [0.25, 0.3) is 0 Å². The predicted molar refractivity (Wildman–Crippen MR) is 568 cm³/mol. The van der Waals surface area contributed by atoms with Crippen molar-refractivity contribution in [1.82, 2.24) is 44.9 Å². The summed E-state index contributed by atoms with van der Waals surface area (Å²) in [7, 11) is 0. The van der Waals surface area contributed by atoms with Crippen LogP contribution in [0.2, 0.25) is 0 Å². The Hall–Kier alpha value is -16.0. The van der Waals surface area contributed by atoms with Crippen LogP contribution in [0, 0.1) is 0 Å². The number of aromatic nitrogens is 9. The van der Waals surface area contributed by atoms with Gasteiger partial charge in [-0.3, -0.25) is 0 Å². The molecule has 27 aromatic rings. The average molecular weight is 1820 g/mol. The molecule has 0 aliphatic carbocycles. The van der Waals surface area contributed by atoms with Crippen molar-refractivity contribution in [1.29, 1.82) is 0 Å². The van der Waals surface area contributed by atoms with Crippen molar-refractivity contribution < 1.29 is 0 Å². The van der Waals surface area contributed by atoms with Crippen LogP contribution >= 0.6 is 68.0 Å². The van der Waals surface area contributed by atoms with Crippen molar-refractivity contribution in [3.63, 3.8) is 0 Å². The summed E-state index contributed by atoms with van der Waals surface area (Å²) >= 11 is 10.5. The third-order valence-electron chi connectivity index (χ3n) is 25.7. The zero-order chi connectivity index (χ0) is 88.0. The first-order chi connectivity index (χ1) is 66.3. The van der Waals surface area contributed by atoms with Gasteiger partial charge in [-0.15, -0.1) is 68.0 Å². The smallest absolute Gasteiger partial charge is 0.174 e. The zero-order valence-electron chi connectivity index (χ0n) is 71.2. The number of nitrogens with zero attached hydrogens (tertiary/aromatic N) is 9. The Balaban J connectivity index is 0.548. The molecule has 0 saturated carbocycles. The summed E-state index contributed by atoms with van der Waals surface area (Å²) in [4.78, 5) is 51.9. The van der Waals surface area contributed by atoms with Gasteiger partial charge >= 0.3 is 0 Å². The van der Waals surface area contributed by atoms with Gasteiger partial charge in [0.05, 0.1) is 14.6 Å². The lowest BCUT2D eigenvalue weighted by Gasteiger charge is -2.17. The molecule has 0 aliphatic rings. The molecule has 9 heterocycles. The van der Waals surface area contributed by atoms with E-state index < -0.39 is 0 Å². The fourth-order valence-electron chi connectivity index (χ4n) is 19.4. The first-order valence-electron chi connectivity index (χ1n) is 44.4. The third-order valence-corrected chi connectivity index (χ3v) is 32.4. The molecular formula is C119H67N9S6. The van der Waals surface area contributed by atoms with Crippen LogP contribution in [0.3, 0.4) is 0 Å². The summed E-state index contributed by atoms with van der Waals surface area (Å²) in [5, 5.41) is 15.4. The van der Waals surface area contributed by atoms with Crippen molar-refractivity contribution in [2.75, 3.05) is 0 Å². The van der Waals surface area contributed by atoms with Gasteiger partial charge in [-0.2, -0.15) is 0 Å². The SMILES string of the molecule is c1ccc(-c2ccc(-c3ccc4sc(-c5nc(-c6ccc7c(c6)sc6cccc(-c8ccc9cc(-c%10nc(-c%11ccc(-c%12c%13ccccc%13c(-c%13ccccc%13)c%13ccccc%12%13)cc%11)nc(-c%11ccc%12c(c%11)sc%11ccccc%11%12)n%10)sc9c8)c67)nc(-c6ccccc6-c6ccccc6)n5)cc4c3)c(-c3nc(-c4ccc5c(c4)sc4ccccc45)nc(-c4cc5ccccc5s4)n3)c2)cc1. The Bertz CT molecular complexity index is 9390. The molecule has 0 unspecified atom stereocenters. The molecule has 0 fully saturated rings. The van der Waals surface area contributed by atoms with Crippen molar-refractivity contribution >= 4 is 180 Å². The highest BCUT2D eigenvalue weighted by Crippen LogP contribution is 2.50. The van der Waals surface area contributed by atoms with Crippen molar-refractivity contribution in [3.05, 3.63) is 406 Å². The minimum absolute atomic E-state index is 0.583. The van der Waals surface area contributed by atoms with E-state index in [9.17, 15) is 0 Å². The maximum absolute atomic E-state index is 5.52. The van der Waals surface area contributed by atoms with Crippen molar-refractivity contribution in [2.45, 2.75) is 0 Å². The number of benzene rings is 18. The van der Waals surface area contributed by atoms with Gasteiger partial charge in [0, 0.05) is 108 Å². The van der Waals surface area contributed by atoms with Crippen LogP contribution in [0.15, 0.2) is 406 Å². The topological polar surface area (TPSA) is 116 Å². The van der Waals surface area contributed by atoms with Gasteiger partial charge in [-0.05, 0) is 189 Å². The fourth-order valence-corrected chi connectivity index (χ4v) is 25.8. The van der Waals surface area contributed by atoms with E-state index in [4.69, 9.17) is 44.9 Å². The monoisotopic (exact) mass is 1810 g/mol. The zero-order valence-corrected chi connectivity index (χ0v) is 76.1. The third kappa shape index (κ3) is 13.6. The van der Waals surface area contributed by atoms with Gasteiger partial charge in [0.15, 0.2) is 52.4 Å². The van der Waals surface area contributed by atoms with E-state index in [0.717, 1.165) is 134 Å². The first kappa shape index (κ1) is 77.9. The molecule has 0 saturated heterocycles. The van der Waals surface area contributed by atoms with Crippen LogP contribution in [0.5, 0.6) is 0 Å². The van der Waals surface area contributed by atoms with Crippen molar-refractivity contribution in [2.24, 2.45) is 0 Å². The largest absolute Gasteiger partial charge is 0.208 e. The maximum atomic E-state index is 5.52. The van der Waals surface area contributed by atoms with Gasteiger partial charge in [0.2, 0.25) is 0 Å². The van der Waals surface area contributed by atoms with Crippen molar-refractivity contribution in [3.8, 4) is 167 Å². The Labute approximate surface area is 792 Å². The van der Waals surface area contributed by atoms with Crippen LogP contribution in [-0.4, -0.2) is 44.9 Å². The minimum Gasteiger partial charge on any atom is -0.208 e. The molecule has 0 atom stereocenters. The second-order valence-corrected chi connectivity index (χ2v) is 40.2. The van der Waals surface area contributed by atoms with E-state index in [2.05, 4.69) is 406 Å². The van der Waals surface area contributed by atoms with Gasteiger partial charge in [-0.25, -0.2) is 44.9 Å². The van der Waals surface area contributed by atoms with Crippen LogP contribution < -0.4 is 0 Å². The number of hydrogen-bond acceptors (Lipinski definition) is 15. The Morgan fingerprint density at radius 1 is 0.134 bits per heavy atom. The molecule has 0 N–H and O–H groups in total. The molecule has 27 rings (SSSR count). The summed E-state index contributed by atoms with van der Waals surface area (Å²) in [5.74, 6) is 5.44. The number of hydrogen-bond donors (Lipinski definition) is 0. The Kier molecular flexibility index (Phi) is 18.6. The molecule has 134 heavy (non-hydrogen) atoms. The fraction of sp³-hybridized carbons (Fsp3) is 0. The molecule has 9 nitrogen and oxygen atoms in total. The lowest BCUT2D eigenvalue weighted by Crippen LogP contribution is -2.01. The molecule has 18 aromatic carbocycles. The van der Waals surface area contributed by atoms with E-state index in [-0.39, 0.29) is 0 Å². The number of rotatable bonds is 15. The van der Waals surface area contributed by atoms with Crippen LogP contribution in [-0.2, 0) is 0 Å². The molecule has 0 amide bonds. The molecule has 15 heteroatoms. The van der Waals surface area contributed by atoms with E-state index in [1.54, 1.807) is 68.0 Å². The summed E-state index contributed by atoms with van der Waals surface area (Å²) in [5.41, 5.74) is 18.8. The van der Waals surface area contributed by atoms with Gasteiger partial charge in [-0.1, -0.05) is 322 Å². The van der Waals surface area contributed by atoms with Gasteiger partial charge in [0.1, 0.15) is 0 Å². The van der Waals surface area contributed by atoms with E-state index in [1.165, 1.54) is 93.4 Å². The molecule has 0 spiro atoms. The van der Waals surface area contributed by atoms with Crippen LogP contribution in [0.4, 0.5) is 0 Å². The minimum atomic E-state index is 0.583. The highest BCUT2D eigenvalue weighted by molar-refractivity contribution is 7.27. The Morgan fingerprint density at radius 3 is 1.07 bits per heavy atom. The molecule has 0 bridgehead atoms. The summed E-state index contributed by atoms with van der Waals surface area (Å²) in [6.45, 7) is 0. The van der Waals surface area contributed by atoms with Gasteiger partial charge < -0.3 is 0 Å². The summed E-state index contributed by atoms with van der Waals surface area (Å²) in [6.07, 6.45) is 0. The highest BCUT2D eigenvalue weighted by atomic mass is 32.1. The number of fused-ring (bicyclic) bond motifs is 14. The lowest BCUT2D eigenvalue weighted by molar-refractivity contribution is 1.08. The average Bonchev–Trinajstić information content (AvgIpc) is 1.44. The Morgan fingerprint density at radius 2 is 0.485 bits per heavy atom. The van der Waals surface area contributed by atoms with Crippen LogP contribution in [0.25, 0.3) is 280 Å². The van der Waals surface area contributed by atoms with E-state index >= 15 is 0 Å². The van der Waals surface area contributed by atoms with E-state index in [1.807, 2.05) is 0 Å². The van der Waals surface area contributed by atoms with E-state index in [0.29, 0.717) is 52.4 Å².